The van der Waals surface area contributed by atoms with Gasteiger partial charge < -0.3 is 14.6 Å². The molecule has 0 bridgehead atoms. The molecule has 0 radical (unpaired) electrons. The third-order valence-electron chi connectivity index (χ3n) is 5.21. The van der Waals surface area contributed by atoms with Gasteiger partial charge in [-0.15, -0.1) is 0 Å². The second-order valence-corrected chi connectivity index (χ2v) is 8.15. The summed E-state index contributed by atoms with van der Waals surface area (Å²) in [5.41, 5.74) is 2.08. The van der Waals surface area contributed by atoms with E-state index >= 15 is 0 Å². The number of aliphatic imine (C=N–C) groups is 1. The zero-order valence-electron chi connectivity index (χ0n) is 17.9. The number of ether oxygens (including phenoxy) is 2. The van der Waals surface area contributed by atoms with Gasteiger partial charge in [0.2, 0.25) is 0 Å². The van der Waals surface area contributed by atoms with Crippen LogP contribution < -0.4 is 14.4 Å². The maximum Gasteiger partial charge on any atom is 0.284 e. The molecule has 0 fully saturated rings. The summed E-state index contributed by atoms with van der Waals surface area (Å²) in [5.74, 6) is 1.42. The lowest BCUT2D eigenvalue weighted by atomic mass is 10.1. The van der Waals surface area contributed by atoms with Gasteiger partial charge in [-0.05, 0) is 24.3 Å². The van der Waals surface area contributed by atoms with Gasteiger partial charge in [-0.3, -0.25) is 4.79 Å². The van der Waals surface area contributed by atoms with Crippen LogP contribution in [0, 0.1) is 0 Å². The Morgan fingerprint density at radius 2 is 1.64 bits per heavy atom. The summed E-state index contributed by atoms with van der Waals surface area (Å²) in [5, 5.41) is 10.6. The van der Waals surface area contributed by atoms with Crippen molar-refractivity contribution < 1.29 is 19.4 Å². The number of phenolic OH excluding ortho intramolecular Hbond substituents is 1. The average Bonchev–Trinajstić information content (AvgIpc) is 3.42. The molecule has 5 rings (SSSR count). The van der Waals surface area contributed by atoms with Crippen molar-refractivity contribution in [1.82, 2.24) is 4.98 Å². The van der Waals surface area contributed by atoms with Crippen molar-refractivity contribution in [2.75, 3.05) is 19.1 Å². The molecule has 0 atom stereocenters. The maximum atomic E-state index is 13.6. The van der Waals surface area contributed by atoms with Crippen molar-refractivity contribution in [2.24, 2.45) is 4.99 Å². The van der Waals surface area contributed by atoms with Crippen molar-refractivity contribution >= 4 is 44.5 Å². The van der Waals surface area contributed by atoms with Crippen molar-refractivity contribution in [3.63, 3.8) is 0 Å². The highest BCUT2D eigenvalue weighted by molar-refractivity contribution is 7.23. The topological polar surface area (TPSA) is 84.2 Å². The number of aromatic hydroxyl groups is 1. The number of rotatable bonds is 5. The summed E-state index contributed by atoms with van der Waals surface area (Å²) in [6, 6.07) is 19.8. The van der Waals surface area contributed by atoms with Gasteiger partial charge in [-0.1, -0.05) is 59.9 Å². The molecule has 0 unspecified atom stereocenters. The molecule has 33 heavy (non-hydrogen) atoms. The van der Waals surface area contributed by atoms with Gasteiger partial charge in [0, 0.05) is 11.1 Å². The van der Waals surface area contributed by atoms with Gasteiger partial charge in [0.1, 0.15) is 39.0 Å². The number of fused-ring (bicyclic) bond motifs is 1. The molecule has 0 saturated carbocycles. The van der Waals surface area contributed by atoms with Crippen LogP contribution in [0.25, 0.3) is 16.3 Å². The SMILES string of the molecule is COc1ccc(OC)c2sc(N3C(=O)/C(=C\c4ccccc4O)N=C3c3ccccc3)nc12. The Morgan fingerprint density at radius 3 is 2.36 bits per heavy atom. The fourth-order valence-electron chi connectivity index (χ4n) is 3.60. The number of hydrogen-bond acceptors (Lipinski definition) is 7. The van der Waals surface area contributed by atoms with Crippen LogP contribution in [0.5, 0.6) is 17.2 Å². The molecule has 3 aromatic carbocycles. The van der Waals surface area contributed by atoms with Crippen LogP contribution in [-0.2, 0) is 4.79 Å². The molecule has 1 amide bonds. The van der Waals surface area contributed by atoms with Gasteiger partial charge in [0.15, 0.2) is 5.13 Å². The summed E-state index contributed by atoms with van der Waals surface area (Å²) >= 11 is 1.32. The predicted octanol–water partition coefficient (Wildman–Crippen LogP) is 4.85. The summed E-state index contributed by atoms with van der Waals surface area (Å²) < 4.78 is 11.7. The van der Waals surface area contributed by atoms with Crippen LogP contribution in [0.15, 0.2) is 77.4 Å². The lowest BCUT2D eigenvalue weighted by Crippen LogP contribution is -2.32. The molecular formula is C25H19N3O4S. The first-order chi connectivity index (χ1) is 16.1. The number of carbonyl (C=O) groups excluding carboxylic acids is 1. The van der Waals surface area contributed by atoms with Crippen molar-refractivity contribution in [3.05, 3.63) is 83.6 Å². The number of anilines is 1. The van der Waals surface area contributed by atoms with Crippen molar-refractivity contribution in [1.29, 1.82) is 0 Å². The Hall–Kier alpha value is -4.17. The van der Waals surface area contributed by atoms with Crippen LogP contribution >= 0.6 is 11.3 Å². The van der Waals surface area contributed by atoms with Crippen LogP contribution in [0.1, 0.15) is 11.1 Å². The molecule has 1 N–H and O–H groups in total. The van der Waals surface area contributed by atoms with Crippen molar-refractivity contribution in [2.45, 2.75) is 0 Å². The summed E-state index contributed by atoms with van der Waals surface area (Å²) in [6.07, 6.45) is 1.58. The summed E-state index contributed by atoms with van der Waals surface area (Å²) in [6.45, 7) is 0. The number of phenols is 1. The minimum absolute atomic E-state index is 0.0715. The van der Waals surface area contributed by atoms with E-state index in [9.17, 15) is 9.90 Å². The number of amidine groups is 1. The summed E-state index contributed by atoms with van der Waals surface area (Å²) in [7, 11) is 3.16. The molecule has 1 aromatic heterocycles. The fourth-order valence-corrected chi connectivity index (χ4v) is 4.68. The monoisotopic (exact) mass is 457 g/mol. The molecule has 0 aliphatic carbocycles. The number of benzene rings is 3. The number of amides is 1. The fraction of sp³-hybridized carbons (Fsp3) is 0.0800. The third kappa shape index (κ3) is 3.60. The van der Waals surface area contributed by atoms with E-state index in [4.69, 9.17) is 14.5 Å². The maximum absolute atomic E-state index is 13.6. The smallest absolute Gasteiger partial charge is 0.284 e. The zero-order chi connectivity index (χ0) is 22.9. The highest BCUT2D eigenvalue weighted by Crippen LogP contribution is 2.42. The highest BCUT2D eigenvalue weighted by Gasteiger charge is 2.35. The van der Waals surface area contributed by atoms with Gasteiger partial charge >= 0.3 is 0 Å². The Kier molecular flexibility index (Phi) is 5.27. The molecule has 4 aromatic rings. The first kappa shape index (κ1) is 20.7. The second-order valence-electron chi connectivity index (χ2n) is 7.17. The summed E-state index contributed by atoms with van der Waals surface area (Å²) in [4.78, 5) is 24.4. The first-order valence-corrected chi connectivity index (χ1v) is 10.9. The third-order valence-corrected chi connectivity index (χ3v) is 6.27. The Labute approximate surface area is 193 Å². The van der Waals surface area contributed by atoms with Crippen molar-refractivity contribution in [3.8, 4) is 17.2 Å². The Bertz CT molecular complexity index is 1390. The predicted molar refractivity (Wildman–Crippen MR) is 129 cm³/mol. The van der Waals surface area contributed by atoms with Gasteiger partial charge in [-0.2, -0.15) is 0 Å². The van der Waals surface area contributed by atoms with Gasteiger partial charge in [0.05, 0.1) is 14.2 Å². The van der Waals surface area contributed by atoms with E-state index in [-0.39, 0.29) is 17.4 Å². The minimum atomic E-state index is -0.339. The van der Waals surface area contributed by atoms with E-state index in [0.29, 0.717) is 33.5 Å². The number of nitrogens with zero attached hydrogens (tertiary/aromatic N) is 3. The van der Waals surface area contributed by atoms with Crippen LogP contribution in [0.2, 0.25) is 0 Å². The molecule has 7 nitrogen and oxygen atoms in total. The van der Waals surface area contributed by atoms with Gasteiger partial charge in [-0.25, -0.2) is 14.9 Å². The zero-order valence-corrected chi connectivity index (χ0v) is 18.7. The van der Waals surface area contributed by atoms with E-state index in [0.717, 1.165) is 10.3 Å². The molecule has 8 heteroatoms. The van der Waals surface area contributed by atoms with E-state index in [2.05, 4.69) is 4.99 Å². The lowest BCUT2D eigenvalue weighted by Gasteiger charge is -2.14. The second kappa shape index (κ2) is 8.40. The Balaban J connectivity index is 1.68. The molecule has 1 aliphatic heterocycles. The normalized spacial score (nSPS) is 14.7. The number of thiazole rings is 1. The van der Waals surface area contributed by atoms with Crippen LogP contribution in [-0.4, -0.2) is 36.1 Å². The number of carbonyl (C=O) groups is 1. The average molecular weight is 458 g/mol. The van der Waals surface area contributed by atoms with Gasteiger partial charge in [0.25, 0.3) is 5.91 Å². The molecule has 0 spiro atoms. The molecule has 1 aliphatic rings. The highest BCUT2D eigenvalue weighted by atomic mass is 32.1. The molecule has 164 valence electrons. The quantitative estimate of drug-likeness (QED) is 0.433. The Morgan fingerprint density at radius 1 is 0.939 bits per heavy atom. The molecule has 2 heterocycles. The number of aromatic nitrogens is 1. The molecular weight excluding hydrogens is 438 g/mol. The number of para-hydroxylation sites is 1. The van der Waals surface area contributed by atoms with Crippen LogP contribution in [0.4, 0.5) is 5.13 Å². The molecule has 0 saturated heterocycles. The number of methoxy groups -OCH3 is 2. The minimum Gasteiger partial charge on any atom is -0.507 e. The van der Waals surface area contributed by atoms with E-state index < -0.39 is 0 Å². The standard InChI is InChI=1S/C25H19N3O4S/c1-31-19-12-13-20(32-2)22-21(19)27-25(33-22)28-23(15-8-4-3-5-9-15)26-17(24(28)30)14-16-10-6-7-11-18(16)29/h3-14,29H,1-2H3/b17-14+. The lowest BCUT2D eigenvalue weighted by molar-refractivity contribution is -0.113. The van der Waals surface area contributed by atoms with E-state index in [1.54, 1.807) is 50.6 Å². The van der Waals surface area contributed by atoms with E-state index in [1.807, 2.05) is 36.4 Å². The van der Waals surface area contributed by atoms with E-state index in [1.165, 1.54) is 16.2 Å². The first-order valence-electron chi connectivity index (χ1n) is 10.1. The number of hydrogen-bond donors (Lipinski definition) is 1. The van der Waals surface area contributed by atoms with Crippen LogP contribution in [0.3, 0.4) is 0 Å². The largest absolute Gasteiger partial charge is 0.507 e.